The average Bonchev–Trinajstić information content (AvgIpc) is 2.68. The molecular weight excluding hydrogens is 222 g/mol. The number of fused-ring (bicyclic) bond motifs is 1. The standard InChI is InChI=1S/C15H19N3/c1-11-9-13(18(2)17-11)10-15-14-6-4-3-5-12(14)7-8-16-15/h3-6,9,15-16H,7-8,10H2,1-2H3. The van der Waals surface area contributed by atoms with Crippen LogP contribution in [0.4, 0.5) is 0 Å². The summed E-state index contributed by atoms with van der Waals surface area (Å²) in [5.41, 5.74) is 5.32. The van der Waals surface area contributed by atoms with Gasteiger partial charge in [-0.05, 0) is 37.1 Å². The maximum Gasteiger partial charge on any atom is 0.0596 e. The molecule has 0 saturated carbocycles. The number of nitrogens with zero attached hydrogens (tertiary/aromatic N) is 2. The molecule has 1 aromatic heterocycles. The summed E-state index contributed by atoms with van der Waals surface area (Å²) in [5, 5.41) is 8.04. The second kappa shape index (κ2) is 4.58. The quantitative estimate of drug-likeness (QED) is 0.873. The van der Waals surface area contributed by atoms with Gasteiger partial charge in [-0.1, -0.05) is 24.3 Å². The van der Waals surface area contributed by atoms with Crippen LogP contribution in [0.3, 0.4) is 0 Å². The molecule has 0 radical (unpaired) electrons. The van der Waals surface area contributed by atoms with Crippen molar-refractivity contribution < 1.29 is 0 Å². The van der Waals surface area contributed by atoms with Crippen LogP contribution < -0.4 is 5.32 Å². The van der Waals surface area contributed by atoms with Gasteiger partial charge in [0.25, 0.3) is 0 Å². The van der Waals surface area contributed by atoms with Gasteiger partial charge >= 0.3 is 0 Å². The minimum absolute atomic E-state index is 0.421. The van der Waals surface area contributed by atoms with E-state index >= 15 is 0 Å². The first-order valence-electron chi connectivity index (χ1n) is 6.55. The van der Waals surface area contributed by atoms with Gasteiger partial charge < -0.3 is 5.32 Å². The molecule has 1 atom stereocenters. The highest BCUT2D eigenvalue weighted by Crippen LogP contribution is 2.25. The van der Waals surface area contributed by atoms with E-state index < -0.39 is 0 Å². The van der Waals surface area contributed by atoms with E-state index in [0.717, 1.165) is 25.1 Å². The molecule has 2 heterocycles. The average molecular weight is 241 g/mol. The van der Waals surface area contributed by atoms with Gasteiger partial charge in [0.15, 0.2) is 0 Å². The molecule has 0 aliphatic carbocycles. The van der Waals surface area contributed by atoms with Crippen molar-refractivity contribution in [2.75, 3.05) is 6.54 Å². The number of nitrogens with one attached hydrogen (secondary N) is 1. The van der Waals surface area contributed by atoms with Crippen molar-refractivity contribution >= 4 is 0 Å². The van der Waals surface area contributed by atoms with E-state index in [1.54, 1.807) is 0 Å². The van der Waals surface area contributed by atoms with E-state index in [1.165, 1.54) is 16.8 Å². The highest BCUT2D eigenvalue weighted by molar-refractivity contribution is 5.33. The molecular formula is C15H19N3. The van der Waals surface area contributed by atoms with Crippen molar-refractivity contribution in [3.63, 3.8) is 0 Å². The molecule has 3 heteroatoms. The summed E-state index contributed by atoms with van der Waals surface area (Å²) in [4.78, 5) is 0. The van der Waals surface area contributed by atoms with E-state index in [1.807, 2.05) is 18.7 Å². The van der Waals surface area contributed by atoms with Crippen molar-refractivity contribution in [1.82, 2.24) is 15.1 Å². The lowest BCUT2D eigenvalue weighted by Crippen LogP contribution is -2.31. The summed E-state index contributed by atoms with van der Waals surface area (Å²) < 4.78 is 1.99. The molecule has 1 aliphatic rings. The molecule has 1 unspecified atom stereocenters. The molecule has 0 amide bonds. The van der Waals surface area contributed by atoms with Crippen molar-refractivity contribution in [2.45, 2.75) is 25.8 Å². The van der Waals surface area contributed by atoms with Crippen molar-refractivity contribution in [3.8, 4) is 0 Å². The maximum absolute atomic E-state index is 4.42. The van der Waals surface area contributed by atoms with Crippen LogP contribution in [0.1, 0.15) is 28.6 Å². The Hall–Kier alpha value is -1.61. The molecule has 2 aromatic rings. The van der Waals surface area contributed by atoms with E-state index in [4.69, 9.17) is 0 Å². The molecule has 1 aromatic carbocycles. The Balaban J connectivity index is 1.88. The van der Waals surface area contributed by atoms with Crippen LogP contribution in [0.2, 0.25) is 0 Å². The van der Waals surface area contributed by atoms with Crippen LogP contribution >= 0.6 is 0 Å². The summed E-state index contributed by atoms with van der Waals surface area (Å²) in [7, 11) is 2.02. The SMILES string of the molecule is Cc1cc(CC2NCCc3ccccc32)n(C)n1. The van der Waals surface area contributed by atoms with Crippen molar-refractivity contribution in [3.05, 3.63) is 52.8 Å². The molecule has 3 nitrogen and oxygen atoms in total. The summed E-state index contributed by atoms with van der Waals surface area (Å²) in [6, 6.07) is 11.4. The predicted octanol–water partition coefficient (Wildman–Crippen LogP) is 2.16. The molecule has 1 aliphatic heterocycles. The Bertz CT molecular complexity index is 557. The number of aromatic nitrogens is 2. The fourth-order valence-electron chi connectivity index (χ4n) is 2.84. The lowest BCUT2D eigenvalue weighted by atomic mass is 9.92. The Morgan fingerprint density at radius 3 is 3.00 bits per heavy atom. The second-order valence-corrected chi connectivity index (χ2v) is 5.06. The van der Waals surface area contributed by atoms with E-state index in [0.29, 0.717) is 6.04 Å². The topological polar surface area (TPSA) is 29.9 Å². The van der Waals surface area contributed by atoms with Gasteiger partial charge in [-0.15, -0.1) is 0 Å². The smallest absolute Gasteiger partial charge is 0.0596 e. The fourth-order valence-corrected chi connectivity index (χ4v) is 2.84. The number of hydrogen-bond acceptors (Lipinski definition) is 2. The van der Waals surface area contributed by atoms with E-state index in [-0.39, 0.29) is 0 Å². The number of aryl methyl sites for hydroxylation is 2. The lowest BCUT2D eigenvalue weighted by Gasteiger charge is -2.26. The number of rotatable bonds is 2. The van der Waals surface area contributed by atoms with Crippen LogP contribution in [0.5, 0.6) is 0 Å². The van der Waals surface area contributed by atoms with Gasteiger partial charge in [0.1, 0.15) is 0 Å². The van der Waals surface area contributed by atoms with Gasteiger partial charge in [-0.25, -0.2) is 0 Å². The third-order valence-corrected chi connectivity index (χ3v) is 3.73. The largest absolute Gasteiger partial charge is 0.309 e. The normalized spacial score (nSPS) is 18.7. The summed E-state index contributed by atoms with van der Waals surface area (Å²) in [6.07, 6.45) is 2.14. The third kappa shape index (κ3) is 2.06. The monoisotopic (exact) mass is 241 g/mol. The molecule has 18 heavy (non-hydrogen) atoms. The molecule has 3 rings (SSSR count). The van der Waals surface area contributed by atoms with E-state index in [2.05, 4.69) is 40.7 Å². The van der Waals surface area contributed by atoms with Gasteiger partial charge in [0, 0.05) is 25.2 Å². The molecule has 0 saturated heterocycles. The minimum atomic E-state index is 0.421. The zero-order valence-electron chi connectivity index (χ0n) is 11.0. The molecule has 94 valence electrons. The predicted molar refractivity (Wildman–Crippen MR) is 72.5 cm³/mol. The minimum Gasteiger partial charge on any atom is -0.309 e. The fraction of sp³-hybridized carbons (Fsp3) is 0.400. The zero-order chi connectivity index (χ0) is 12.5. The van der Waals surface area contributed by atoms with Crippen molar-refractivity contribution in [1.29, 1.82) is 0 Å². The Labute approximate surface area is 108 Å². The number of hydrogen-bond donors (Lipinski definition) is 1. The highest BCUT2D eigenvalue weighted by atomic mass is 15.3. The number of benzene rings is 1. The van der Waals surface area contributed by atoms with Crippen LogP contribution in [0.15, 0.2) is 30.3 Å². The third-order valence-electron chi connectivity index (χ3n) is 3.73. The van der Waals surface area contributed by atoms with Crippen LogP contribution in [0, 0.1) is 6.92 Å². The maximum atomic E-state index is 4.42. The Kier molecular flexibility index (Phi) is 2.92. The van der Waals surface area contributed by atoms with E-state index in [9.17, 15) is 0 Å². The first kappa shape index (κ1) is 11.5. The first-order valence-corrected chi connectivity index (χ1v) is 6.55. The second-order valence-electron chi connectivity index (χ2n) is 5.06. The van der Waals surface area contributed by atoms with Crippen molar-refractivity contribution in [2.24, 2.45) is 7.05 Å². The molecule has 0 bridgehead atoms. The lowest BCUT2D eigenvalue weighted by molar-refractivity contribution is 0.488. The van der Waals surface area contributed by atoms with Crippen LogP contribution in [-0.4, -0.2) is 16.3 Å². The Morgan fingerprint density at radius 1 is 1.39 bits per heavy atom. The molecule has 0 fully saturated rings. The summed E-state index contributed by atoms with van der Waals surface area (Å²) in [5.74, 6) is 0. The zero-order valence-corrected chi connectivity index (χ0v) is 11.0. The highest BCUT2D eigenvalue weighted by Gasteiger charge is 2.20. The summed E-state index contributed by atoms with van der Waals surface area (Å²) >= 11 is 0. The van der Waals surface area contributed by atoms with Gasteiger partial charge in [0.2, 0.25) is 0 Å². The van der Waals surface area contributed by atoms with Gasteiger partial charge in [-0.2, -0.15) is 5.10 Å². The van der Waals surface area contributed by atoms with Crippen LogP contribution in [-0.2, 0) is 19.9 Å². The Morgan fingerprint density at radius 2 is 2.22 bits per heavy atom. The first-order chi connectivity index (χ1) is 8.74. The van der Waals surface area contributed by atoms with Gasteiger partial charge in [-0.3, -0.25) is 4.68 Å². The molecule has 1 N–H and O–H groups in total. The van der Waals surface area contributed by atoms with Crippen LogP contribution in [0.25, 0.3) is 0 Å². The molecule has 0 spiro atoms. The van der Waals surface area contributed by atoms with Gasteiger partial charge in [0.05, 0.1) is 5.69 Å². The summed E-state index contributed by atoms with van der Waals surface area (Å²) in [6.45, 7) is 3.12.